The van der Waals surface area contributed by atoms with E-state index >= 15 is 0 Å². The lowest BCUT2D eigenvalue weighted by molar-refractivity contribution is -0.118. The smallest absolute Gasteiger partial charge is 0.264 e. The molecule has 0 spiro atoms. The number of para-hydroxylation sites is 1. The van der Waals surface area contributed by atoms with Crippen LogP contribution in [-0.4, -0.2) is 17.5 Å². The van der Waals surface area contributed by atoms with E-state index in [1.807, 2.05) is 35.7 Å². The predicted molar refractivity (Wildman–Crippen MR) is 88.1 cm³/mol. The Morgan fingerprint density at radius 1 is 1.13 bits per heavy atom. The van der Waals surface area contributed by atoms with E-state index in [-0.39, 0.29) is 18.3 Å². The highest BCUT2D eigenvalue weighted by Gasteiger charge is 2.10. The minimum Gasteiger partial charge on any atom is -0.481 e. The van der Waals surface area contributed by atoms with Crippen molar-refractivity contribution in [2.45, 2.75) is 0 Å². The van der Waals surface area contributed by atoms with Crippen molar-refractivity contribution in [3.05, 3.63) is 65.8 Å². The van der Waals surface area contributed by atoms with E-state index in [0.29, 0.717) is 5.13 Å². The van der Waals surface area contributed by atoms with Gasteiger partial charge in [0.15, 0.2) is 23.3 Å². The maximum atomic E-state index is 13.4. The highest BCUT2D eigenvalue weighted by atomic mass is 32.1. The molecule has 0 bridgehead atoms. The number of rotatable bonds is 5. The number of hydrogen-bond acceptors (Lipinski definition) is 4. The van der Waals surface area contributed by atoms with Gasteiger partial charge < -0.3 is 4.74 Å². The molecule has 1 amide bonds. The third-order valence-electron chi connectivity index (χ3n) is 3.02. The molecule has 23 heavy (non-hydrogen) atoms. The van der Waals surface area contributed by atoms with Crippen LogP contribution >= 0.6 is 11.3 Å². The van der Waals surface area contributed by atoms with Crippen LogP contribution in [0, 0.1) is 5.82 Å². The van der Waals surface area contributed by atoms with Gasteiger partial charge in [0.1, 0.15) is 0 Å². The number of nitrogens with one attached hydrogen (secondary N) is 1. The number of halogens is 1. The van der Waals surface area contributed by atoms with Gasteiger partial charge in [0.2, 0.25) is 0 Å². The van der Waals surface area contributed by atoms with Gasteiger partial charge in [0, 0.05) is 10.9 Å². The van der Waals surface area contributed by atoms with Gasteiger partial charge in [-0.2, -0.15) is 0 Å². The molecule has 4 nitrogen and oxygen atoms in total. The highest BCUT2D eigenvalue weighted by molar-refractivity contribution is 7.14. The molecule has 2 aromatic carbocycles. The summed E-state index contributed by atoms with van der Waals surface area (Å²) in [5, 5.41) is 4.98. The van der Waals surface area contributed by atoms with E-state index in [9.17, 15) is 9.18 Å². The molecular weight excluding hydrogens is 315 g/mol. The molecule has 3 rings (SSSR count). The topological polar surface area (TPSA) is 51.2 Å². The first-order valence-corrected chi connectivity index (χ1v) is 7.78. The van der Waals surface area contributed by atoms with Crippen molar-refractivity contribution in [2.24, 2.45) is 0 Å². The van der Waals surface area contributed by atoms with Gasteiger partial charge >= 0.3 is 0 Å². The largest absolute Gasteiger partial charge is 0.481 e. The molecule has 0 saturated carbocycles. The van der Waals surface area contributed by atoms with Gasteiger partial charge in [-0.15, -0.1) is 11.3 Å². The number of nitrogens with zero attached hydrogens (tertiary/aromatic N) is 1. The van der Waals surface area contributed by atoms with Gasteiger partial charge in [0.05, 0.1) is 5.69 Å². The molecular formula is C17H13FN2O2S. The number of thiazole rings is 1. The Labute approximate surface area is 136 Å². The number of benzene rings is 2. The molecule has 0 aliphatic rings. The second-order valence-corrected chi connectivity index (χ2v) is 5.53. The first-order valence-electron chi connectivity index (χ1n) is 6.90. The predicted octanol–water partition coefficient (Wildman–Crippen LogP) is 3.97. The summed E-state index contributed by atoms with van der Waals surface area (Å²) in [6.07, 6.45) is 0. The second-order valence-electron chi connectivity index (χ2n) is 4.67. The van der Waals surface area contributed by atoms with Crippen molar-refractivity contribution < 1.29 is 13.9 Å². The molecule has 1 aromatic heterocycles. The zero-order chi connectivity index (χ0) is 16.1. The minimum atomic E-state index is -0.499. The summed E-state index contributed by atoms with van der Waals surface area (Å²) in [6.45, 7) is -0.277. The van der Waals surface area contributed by atoms with Crippen LogP contribution in [0.2, 0.25) is 0 Å². The molecule has 0 unspecified atom stereocenters. The number of amides is 1. The van der Waals surface area contributed by atoms with Crippen LogP contribution < -0.4 is 10.1 Å². The van der Waals surface area contributed by atoms with Crippen LogP contribution in [0.15, 0.2) is 60.0 Å². The van der Waals surface area contributed by atoms with Crippen LogP contribution in [0.25, 0.3) is 11.3 Å². The molecule has 0 radical (unpaired) electrons. The van der Waals surface area contributed by atoms with Crippen molar-refractivity contribution in [2.75, 3.05) is 11.9 Å². The number of carbonyl (C=O) groups excluding carboxylic acids is 1. The summed E-state index contributed by atoms with van der Waals surface area (Å²) < 4.78 is 18.5. The lowest BCUT2D eigenvalue weighted by Crippen LogP contribution is -2.20. The fourth-order valence-corrected chi connectivity index (χ4v) is 2.67. The molecule has 1 heterocycles. The van der Waals surface area contributed by atoms with E-state index in [1.54, 1.807) is 12.1 Å². The lowest BCUT2D eigenvalue weighted by atomic mass is 10.2. The summed E-state index contributed by atoms with van der Waals surface area (Å²) in [5.41, 5.74) is 1.77. The van der Waals surface area contributed by atoms with Crippen LogP contribution in [0.3, 0.4) is 0 Å². The number of aromatic nitrogens is 1. The first kappa shape index (κ1) is 15.2. The zero-order valence-corrected chi connectivity index (χ0v) is 12.8. The third-order valence-corrected chi connectivity index (χ3v) is 3.77. The van der Waals surface area contributed by atoms with Crippen molar-refractivity contribution >= 4 is 22.4 Å². The summed E-state index contributed by atoms with van der Waals surface area (Å²) >= 11 is 1.32. The fourth-order valence-electron chi connectivity index (χ4n) is 1.93. The highest BCUT2D eigenvalue weighted by Crippen LogP contribution is 2.24. The molecule has 0 aliphatic carbocycles. The average molecular weight is 328 g/mol. The van der Waals surface area contributed by atoms with Crippen LogP contribution in [0.5, 0.6) is 5.75 Å². The molecule has 3 aromatic rings. The first-order chi connectivity index (χ1) is 11.2. The number of anilines is 1. The Morgan fingerprint density at radius 3 is 2.65 bits per heavy atom. The van der Waals surface area contributed by atoms with Gasteiger partial charge in [-0.1, -0.05) is 42.5 Å². The fraction of sp³-hybridized carbons (Fsp3) is 0.0588. The maximum Gasteiger partial charge on any atom is 0.264 e. The van der Waals surface area contributed by atoms with Crippen molar-refractivity contribution in [1.29, 1.82) is 0 Å². The Hall–Kier alpha value is -2.73. The average Bonchev–Trinajstić information content (AvgIpc) is 3.03. The quantitative estimate of drug-likeness (QED) is 0.771. The Morgan fingerprint density at radius 2 is 1.87 bits per heavy atom. The number of ether oxygens (including phenoxy) is 1. The minimum absolute atomic E-state index is 0.0479. The molecule has 0 fully saturated rings. The van der Waals surface area contributed by atoms with E-state index in [0.717, 1.165) is 11.3 Å². The second kappa shape index (κ2) is 7.02. The maximum absolute atomic E-state index is 13.4. The van der Waals surface area contributed by atoms with Crippen LogP contribution in [-0.2, 0) is 4.79 Å². The monoisotopic (exact) mass is 328 g/mol. The normalized spacial score (nSPS) is 10.3. The standard InChI is InChI=1S/C17H13FN2O2S/c18-13-8-4-5-9-15(13)22-10-16(21)20-17-19-14(11-23-17)12-6-2-1-3-7-12/h1-9,11H,10H2,(H,19,20,21). The molecule has 116 valence electrons. The van der Waals surface area contributed by atoms with E-state index in [1.165, 1.54) is 23.5 Å². The molecule has 6 heteroatoms. The van der Waals surface area contributed by atoms with Crippen molar-refractivity contribution in [1.82, 2.24) is 4.98 Å². The SMILES string of the molecule is O=C(COc1ccccc1F)Nc1nc(-c2ccccc2)cs1. The summed E-state index contributed by atoms with van der Waals surface area (Å²) in [4.78, 5) is 16.2. The molecule has 1 N–H and O–H groups in total. The van der Waals surface area contributed by atoms with Crippen LogP contribution in [0.1, 0.15) is 0 Å². The summed E-state index contributed by atoms with van der Waals surface area (Å²) in [5.74, 6) is -0.838. The zero-order valence-electron chi connectivity index (χ0n) is 12.0. The van der Waals surface area contributed by atoms with Gasteiger partial charge in [-0.3, -0.25) is 10.1 Å². The molecule has 0 aliphatic heterocycles. The van der Waals surface area contributed by atoms with Crippen molar-refractivity contribution in [3.63, 3.8) is 0 Å². The molecule has 0 atom stereocenters. The van der Waals surface area contributed by atoms with Gasteiger partial charge in [-0.25, -0.2) is 9.37 Å². The summed E-state index contributed by atoms with van der Waals surface area (Å²) in [6, 6.07) is 15.6. The third kappa shape index (κ3) is 3.92. The van der Waals surface area contributed by atoms with E-state index in [4.69, 9.17) is 4.74 Å². The van der Waals surface area contributed by atoms with Gasteiger partial charge in [0.25, 0.3) is 5.91 Å². The van der Waals surface area contributed by atoms with Gasteiger partial charge in [-0.05, 0) is 12.1 Å². The van der Waals surface area contributed by atoms with Crippen LogP contribution in [0.4, 0.5) is 9.52 Å². The molecule has 0 saturated heterocycles. The summed E-state index contributed by atoms with van der Waals surface area (Å²) in [7, 11) is 0. The number of hydrogen-bond donors (Lipinski definition) is 1. The number of carbonyl (C=O) groups is 1. The Bertz CT molecular complexity index is 805. The van der Waals surface area contributed by atoms with E-state index in [2.05, 4.69) is 10.3 Å². The lowest BCUT2D eigenvalue weighted by Gasteiger charge is -2.06. The van der Waals surface area contributed by atoms with E-state index < -0.39 is 5.82 Å². The Kier molecular flexibility index (Phi) is 4.63. The van der Waals surface area contributed by atoms with Crippen molar-refractivity contribution in [3.8, 4) is 17.0 Å². The Balaban J connectivity index is 1.58.